The molecule has 17 heavy (non-hydrogen) atoms. The lowest BCUT2D eigenvalue weighted by Gasteiger charge is -2.32. The van der Waals surface area contributed by atoms with Gasteiger partial charge in [0.05, 0.1) is 17.8 Å². The zero-order valence-electron chi connectivity index (χ0n) is 11.3. The molecule has 0 radical (unpaired) electrons. The van der Waals surface area contributed by atoms with Gasteiger partial charge in [-0.3, -0.25) is 0 Å². The van der Waals surface area contributed by atoms with Crippen molar-refractivity contribution in [1.29, 1.82) is 0 Å². The Morgan fingerprint density at radius 3 is 2.35 bits per heavy atom. The molecule has 0 aromatic heterocycles. The van der Waals surface area contributed by atoms with Crippen LogP contribution in [0.2, 0.25) is 0 Å². The van der Waals surface area contributed by atoms with Crippen molar-refractivity contribution in [2.24, 2.45) is 11.3 Å². The molecule has 0 aromatic rings. The first kappa shape index (κ1) is 14.7. The number of rotatable bonds is 4. The Morgan fingerprint density at radius 1 is 1.35 bits per heavy atom. The molecule has 4 unspecified atom stereocenters. The lowest BCUT2D eigenvalue weighted by atomic mass is 9.76. The van der Waals surface area contributed by atoms with Crippen LogP contribution in [0, 0.1) is 11.3 Å². The summed E-state index contributed by atoms with van der Waals surface area (Å²) in [5.74, 6) is -0.128. The molecule has 0 bridgehead atoms. The fraction of sp³-hybridized carbons (Fsp3) is 0.857. The summed E-state index contributed by atoms with van der Waals surface area (Å²) in [7, 11) is 0. The highest BCUT2D eigenvalue weighted by Gasteiger charge is 2.53. The fourth-order valence-corrected chi connectivity index (χ4v) is 2.88. The van der Waals surface area contributed by atoms with E-state index < -0.39 is 17.8 Å². The van der Waals surface area contributed by atoms with Crippen molar-refractivity contribution in [3.05, 3.63) is 12.2 Å². The van der Waals surface area contributed by atoms with Crippen molar-refractivity contribution in [3.8, 4) is 0 Å². The van der Waals surface area contributed by atoms with Crippen molar-refractivity contribution in [2.75, 3.05) is 0 Å². The van der Waals surface area contributed by atoms with E-state index in [0.29, 0.717) is 6.42 Å². The molecule has 3 N–H and O–H groups in total. The van der Waals surface area contributed by atoms with Gasteiger partial charge < -0.3 is 15.3 Å². The van der Waals surface area contributed by atoms with Crippen LogP contribution in [-0.2, 0) is 0 Å². The topological polar surface area (TPSA) is 60.7 Å². The Balaban J connectivity index is 2.80. The third kappa shape index (κ3) is 3.09. The van der Waals surface area contributed by atoms with Gasteiger partial charge in [-0.05, 0) is 18.8 Å². The van der Waals surface area contributed by atoms with Gasteiger partial charge >= 0.3 is 0 Å². The summed E-state index contributed by atoms with van der Waals surface area (Å²) in [4.78, 5) is 0. The van der Waals surface area contributed by atoms with E-state index in [2.05, 4.69) is 0 Å². The Kier molecular flexibility index (Phi) is 4.39. The summed E-state index contributed by atoms with van der Waals surface area (Å²) in [5, 5.41) is 30.0. The summed E-state index contributed by atoms with van der Waals surface area (Å²) >= 11 is 0. The quantitative estimate of drug-likeness (QED) is 0.659. The Morgan fingerprint density at radius 2 is 1.94 bits per heavy atom. The Labute approximate surface area is 104 Å². The van der Waals surface area contributed by atoms with Crippen LogP contribution in [0.15, 0.2) is 12.2 Å². The molecule has 1 aliphatic rings. The van der Waals surface area contributed by atoms with Gasteiger partial charge in [0.1, 0.15) is 0 Å². The Hall–Kier alpha value is -0.380. The molecule has 1 fully saturated rings. The highest BCUT2D eigenvalue weighted by Crippen LogP contribution is 2.49. The molecule has 0 spiro atoms. The number of hydrogen-bond donors (Lipinski definition) is 3. The van der Waals surface area contributed by atoms with Crippen LogP contribution in [-0.4, -0.2) is 33.1 Å². The maximum absolute atomic E-state index is 10.3. The average molecular weight is 242 g/mol. The molecule has 1 saturated carbocycles. The zero-order chi connectivity index (χ0) is 13.3. The molecule has 0 heterocycles. The second-order valence-electron chi connectivity index (χ2n) is 6.12. The molecular weight excluding hydrogens is 216 g/mol. The van der Waals surface area contributed by atoms with Gasteiger partial charge in [-0.1, -0.05) is 39.3 Å². The third-order valence-corrected chi connectivity index (χ3v) is 4.05. The van der Waals surface area contributed by atoms with Gasteiger partial charge in [0.25, 0.3) is 0 Å². The number of aliphatic hydroxyl groups excluding tert-OH is 2. The summed E-state index contributed by atoms with van der Waals surface area (Å²) in [6.45, 7) is 7.70. The van der Waals surface area contributed by atoms with Crippen molar-refractivity contribution in [1.82, 2.24) is 0 Å². The van der Waals surface area contributed by atoms with Crippen molar-refractivity contribution >= 4 is 0 Å². The smallest absolute Gasteiger partial charge is 0.0720 e. The SMILES string of the molecule is CCCC(O)/C=C/C1C(C)(O)CC(O)C1(C)C. The lowest BCUT2D eigenvalue weighted by molar-refractivity contribution is 0.0181. The van der Waals surface area contributed by atoms with E-state index in [1.165, 1.54) is 0 Å². The predicted molar refractivity (Wildman–Crippen MR) is 68.6 cm³/mol. The zero-order valence-corrected chi connectivity index (χ0v) is 11.3. The minimum Gasteiger partial charge on any atom is -0.392 e. The lowest BCUT2D eigenvalue weighted by Crippen LogP contribution is -2.35. The predicted octanol–water partition coefficient (Wildman–Crippen LogP) is 1.86. The Bertz CT molecular complexity index is 281. The minimum absolute atomic E-state index is 0.128. The van der Waals surface area contributed by atoms with Crippen molar-refractivity contribution in [2.45, 2.75) is 64.8 Å². The fourth-order valence-electron chi connectivity index (χ4n) is 2.88. The van der Waals surface area contributed by atoms with Crippen LogP contribution < -0.4 is 0 Å². The summed E-state index contributed by atoms with van der Waals surface area (Å²) < 4.78 is 0. The van der Waals surface area contributed by atoms with Crippen molar-refractivity contribution < 1.29 is 15.3 Å². The van der Waals surface area contributed by atoms with Crippen LogP contribution in [0.5, 0.6) is 0 Å². The van der Waals surface area contributed by atoms with E-state index in [4.69, 9.17) is 0 Å². The van der Waals surface area contributed by atoms with E-state index in [0.717, 1.165) is 12.8 Å². The minimum atomic E-state index is -0.897. The molecule has 4 atom stereocenters. The van der Waals surface area contributed by atoms with Gasteiger partial charge in [0.2, 0.25) is 0 Å². The van der Waals surface area contributed by atoms with Gasteiger partial charge in [-0.2, -0.15) is 0 Å². The van der Waals surface area contributed by atoms with Gasteiger partial charge in [0, 0.05) is 12.3 Å². The largest absolute Gasteiger partial charge is 0.392 e. The van der Waals surface area contributed by atoms with Crippen LogP contribution in [0.25, 0.3) is 0 Å². The summed E-state index contributed by atoms with van der Waals surface area (Å²) in [6.07, 6.45) is 4.71. The molecule has 0 saturated heterocycles. The summed E-state index contributed by atoms with van der Waals surface area (Å²) in [5.41, 5.74) is -1.25. The third-order valence-electron chi connectivity index (χ3n) is 4.05. The second kappa shape index (κ2) is 5.09. The average Bonchev–Trinajstić information content (AvgIpc) is 2.30. The van der Waals surface area contributed by atoms with E-state index in [1.54, 1.807) is 13.0 Å². The van der Waals surface area contributed by atoms with Gasteiger partial charge in [-0.15, -0.1) is 0 Å². The molecule has 100 valence electrons. The van der Waals surface area contributed by atoms with Crippen LogP contribution in [0.4, 0.5) is 0 Å². The summed E-state index contributed by atoms with van der Waals surface area (Å²) in [6, 6.07) is 0. The maximum atomic E-state index is 10.3. The normalized spacial score (nSPS) is 38.8. The van der Waals surface area contributed by atoms with E-state index in [9.17, 15) is 15.3 Å². The number of aliphatic hydroxyl groups is 3. The molecule has 3 nitrogen and oxygen atoms in total. The van der Waals surface area contributed by atoms with Crippen LogP contribution >= 0.6 is 0 Å². The first-order chi connectivity index (χ1) is 7.71. The standard InChI is InChI=1S/C14H26O3/c1-5-6-10(15)7-8-11-13(2,3)12(16)9-14(11,4)17/h7-8,10-12,15-17H,5-6,9H2,1-4H3/b8-7+. The molecule has 0 aromatic carbocycles. The first-order valence-corrected chi connectivity index (χ1v) is 6.48. The molecule has 0 amide bonds. The van der Waals surface area contributed by atoms with E-state index in [-0.39, 0.29) is 11.3 Å². The highest BCUT2D eigenvalue weighted by molar-refractivity contribution is 5.13. The monoisotopic (exact) mass is 242 g/mol. The molecule has 1 aliphatic carbocycles. The highest BCUT2D eigenvalue weighted by atomic mass is 16.3. The molecular formula is C14H26O3. The van der Waals surface area contributed by atoms with E-state index >= 15 is 0 Å². The molecule has 3 heteroatoms. The van der Waals surface area contributed by atoms with Gasteiger partial charge in [0.15, 0.2) is 0 Å². The number of hydrogen-bond acceptors (Lipinski definition) is 3. The molecule has 1 rings (SSSR count). The maximum Gasteiger partial charge on any atom is 0.0720 e. The molecule has 0 aliphatic heterocycles. The van der Waals surface area contributed by atoms with Crippen LogP contribution in [0.3, 0.4) is 0 Å². The van der Waals surface area contributed by atoms with Crippen molar-refractivity contribution in [3.63, 3.8) is 0 Å². The second-order valence-corrected chi connectivity index (χ2v) is 6.12. The van der Waals surface area contributed by atoms with Gasteiger partial charge in [-0.25, -0.2) is 0 Å². The van der Waals surface area contributed by atoms with Crippen LogP contribution in [0.1, 0.15) is 47.0 Å². The first-order valence-electron chi connectivity index (χ1n) is 6.48. The van der Waals surface area contributed by atoms with E-state index in [1.807, 2.05) is 26.8 Å².